The zero-order valence-electron chi connectivity index (χ0n) is 13.9. The average molecular weight is 345 g/mol. The van der Waals surface area contributed by atoms with Gasteiger partial charge >= 0.3 is 0 Å². The minimum absolute atomic E-state index is 0.163. The summed E-state index contributed by atoms with van der Waals surface area (Å²) in [7, 11) is 0. The second kappa shape index (κ2) is 7.27. The summed E-state index contributed by atoms with van der Waals surface area (Å²) in [4.78, 5) is 11.5. The van der Waals surface area contributed by atoms with Crippen LogP contribution in [0.5, 0.6) is 0 Å². The largest absolute Gasteiger partial charge is 0.373 e. The van der Waals surface area contributed by atoms with Crippen molar-refractivity contribution < 1.29 is 9.47 Å². The van der Waals surface area contributed by atoms with Gasteiger partial charge in [0.05, 0.1) is 37.7 Å². The summed E-state index contributed by atoms with van der Waals surface area (Å²) in [6.07, 6.45) is 4.39. The maximum atomic E-state index is 6.17. The molecule has 2 aromatic rings. The van der Waals surface area contributed by atoms with Gasteiger partial charge in [0.2, 0.25) is 0 Å². The maximum Gasteiger partial charge on any atom is 0.107 e. The van der Waals surface area contributed by atoms with Crippen molar-refractivity contribution in [2.24, 2.45) is 0 Å². The molecule has 1 saturated carbocycles. The van der Waals surface area contributed by atoms with Crippen LogP contribution in [0.15, 0.2) is 29.8 Å². The van der Waals surface area contributed by atoms with Gasteiger partial charge in [-0.15, -0.1) is 11.3 Å². The molecule has 3 atom stereocenters. The number of hydrogen-bond donors (Lipinski definition) is 0. The summed E-state index contributed by atoms with van der Waals surface area (Å²) in [6, 6.07) is 6.51. The zero-order chi connectivity index (χ0) is 16.4. The minimum Gasteiger partial charge on any atom is -0.373 e. The summed E-state index contributed by atoms with van der Waals surface area (Å²) < 4.78 is 12.2. The number of aromatic nitrogens is 2. The molecular weight excluding hydrogens is 322 g/mol. The number of nitrogens with zero attached hydrogens (tertiary/aromatic N) is 3. The van der Waals surface area contributed by atoms with Crippen LogP contribution in [0.1, 0.15) is 29.2 Å². The van der Waals surface area contributed by atoms with Crippen LogP contribution in [0, 0.1) is 6.92 Å². The molecule has 0 spiro atoms. The molecule has 0 aromatic carbocycles. The lowest BCUT2D eigenvalue weighted by Gasteiger charge is -2.38. The highest BCUT2D eigenvalue weighted by Crippen LogP contribution is 2.33. The molecule has 4 rings (SSSR count). The van der Waals surface area contributed by atoms with Crippen LogP contribution >= 0.6 is 11.3 Å². The fourth-order valence-electron chi connectivity index (χ4n) is 3.74. The first-order valence-corrected chi connectivity index (χ1v) is 9.46. The normalized spacial score (nSPS) is 27.3. The lowest BCUT2D eigenvalue weighted by atomic mass is 10.1. The van der Waals surface area contributed by atoms with Crippen LogP contribution in [0.2, 0.25) is 0 Å². The number of rotatable bonds is 5. The van der Waals surface area contributed by atoms with Gasteiger partial charge in [0, 0.05) is 29.9 Å². The third-order valence-electron chi connectivity index (χ3n) is 4.86. The predicted molar refractivity (Wildman–Crippen MR) is 92.8 cm³/mol. The Morgan fingerprint density at radius 2 is 2.33 bits per heavy atom. The number of morpholine rings is 1. The number of ether oxygens (including phenoxy) is 2. The van der Waals surface area contributed by atoms with E-state index >= 15 is 0 Å². The van der Waals surface area contributed by atoms with Crippen molar-refractivity contribution in [2.75, 3.05) is 13.2 Å². The minimum atomic E-state index is 0.163. The van der Waals surface area contributed by atoms with E-state index in [2.05, 4.69) is 14.9 Å². The lowest BCUT2D eigenvalue weighted by Crippen LogP contribution is -2.51. The molecule has 0 radical (unpaired) electrons. The van der Waals surface area contributed by atoms with Gasteiger partial charge in [-0.05, 0) is 31.9 Å². The van der Waals surface area contributed by atoms with Gasteiger partial charge in [-0.1, -0.05) is 6.07 Å². The Balaban J connectivity index is 1.37. The fourth-order valence-corrected chi connectivity index (χ4v) is 4.38. The van der Waals surface area contributed by atoms with E-state index in [1.807, 2.05) is 36.7 Å². The molecule has 0 unspecified atom stereocenters. The van der Waals surface area contributed by atoms with E-state index in [9.17, 15) is 0 Å². The molecule has 1 saturated heterocycles. The fraction of sp³-hybridized carbons (Fsp3) is 0.556. The Kier molecular flexibility index (Phi) is 4.89. The molecule has 3 heterocycles. The zero-order valence-corrected chi connectivity index (χ0v) is 14.7. The van der Waals surface area contributed by atoms with Crippen LogP contribution in [0.3, 0.4) is 0 Å². The van der Waals surface area contributed by atoms with Gasteiger partial charge in [-0.25, -0.2) is 4.98 Å². The summed E-state index contributed by atoms with van der Waals surface area (Å²) in [5, 5.41) is 3.23. The molecule has 0 amide bonds. The molecule has 0 N–H and O–H groups in total. The Bertz CT molecular complexity index is 664. The van der Waals surface area contributed by atoms with Gasteiger partial charge in [0.25, 0.3) is 0 Å². The number of fused-ring (bicyclic) bond motifs is 1. The van der Waals surface area contributed by atoms with Crippen molar-refractivity contribution in [3.05, 3.63) is 46.2 Å². The van der Waals surface area contributed by atoms with Crippen LogP contribution < -0.4 is 0 Å². The van der Waals surface area contributed by atoms with E-state index < -0.39 is 0 Å². The average Bonchev–Trinajstić information content (AvgIpc) is 3.23. The smallest absolute Gasteiger partial charge is 0.107 e. The predicted octanol–water partition coefficient (Wildman–Crippen LogP) is 2.80. The van der Waals surface area contributed by atoms with Crippen LogP contribution in [-0.4, -0.2) is 46.3 Å². The molecule has 24 heavy (non-hydrogen) atoms. The second-order valence-electron chi connectivity index (χ2n) is 6.50. The molecule has 2 aromatic heterocycles. The van der Waals surface area contributed by atoms with Gasteiger partial charge in [-0.2, -0.15) is 0 Å². The standard InChI is InChI=1S/C18H23N3O2S/c1-13-3-2-4-14(20-13)12-23-16-6-5-15-18(16)22-9-8-21(15)11-17-19-7-10-24-17/h2-4,7,10,15-16,18H,5-6,8-9,11-12H2,1H3/t15-,16+,18+/m0/s1. The van der Waals surface area contributed by atoms with E-state index in [0.717, 1.165) is 43.9 Å². The molecule has 2 fully saturated rings. The molecule has 2 aliphatic rings. The summed E-state index contributed by atoms with van der Waals surface area (Å²) >= 11 is 1.73. The van der Waals surface area contributed by atoms with E-state index in [-0.39, 0.29) is 12.2 Å². The first kappa shape index (κ1) is 16.1. The van der Waals surface area contributed by atoms with Crippen molar-refractivity contribution in [1.29, 1.82) is 0 Å². The monoisotopic (exact) mass is 345 g/mol. The highest BCUT2D eigenvalue weighted by molar-refractivity contribution is 7.09. The molecule has 1 aliphatic heterocycles. The topological polar surface area (TPSA) is 47.5 Å². The van der Waals surface area contributed by atoms with Crippen LogP contribution in [0.4, 0.5) is 0 Å². The Labute approximate surface area is 146 Å². The lowest BCUT2D eigenvalue weighted by molar-refractivity contribution is -0.119. The van der Waals surface area contributed by atoms with Gasteiger partial charge < -0.3 is 9.47 Å². The number of aryl methyl sites for hydroxylation is 1. The van der Waals surface area contributed by atoms with Crippen molar-refractivity contribution in [3.63, 3.8) is 0 Å². The Hall–Kier alpha value is -1.34. The highest BCUT2D eigenvalue weighted by Gasteiger charge is 2.43. The maximum absolute atomic E-state index is 6.17. The van der Waals surface area contributed by atoms with Gasteiger partial charge in [-0.3, -0.25) is 9.88 Å². The molecule has 5 nitrogen and oxygen atoms in total. The summed E-state index contributed by atoms with van der Waals surface area (Å²) in [6.45, 7) is 5.25. The van der Waals surface area contributed by atoms with E-state index in [1.165, 1.54) is 5.01 Å². The molecule has 1 aliphatic carbocycles. The van der Waals surface area contributed by atoms with Crippen LogP contribution in [0.25, 0.3) is 0 Å². The van der Waals surface area contributed by atoms with Crippen LogP contribution in [-0.2, 0) is 22.6 Å². The number of thiazole rings is 1. The van der Waals surface area contributed by atoms with E-state index in [0.29, 0.717) is 12.6 Å². The molecule has 128 valence electrons. The van der Waals surface area contributed by atoms with Gasteiger partial charge in [0.15, 0.2) is 0 Å². The SMILES string of the molecule is Cc1cccc(CO[C@@H]2CC[C@H]3[C@H]2OCCN3Cc2nccs2)n1. The quantitative estimate of drug-likeness (QED) is 0.834. The number of hydrogen-bond acceptors (Lipinski definition) is 6. The van der Waals surface area contributed by atoms with E-state index in [1.54, 1.807) is 11.3 Å². The van der Waals surface area contributed by atoms with Crippen molar-refractivity contribution in [2.45, 2.75) is 51.2 Å². The second-order valence-corrected chi connectivity index (χ2v) is 7.48. The highest BCUT2D eigenvalue weighted by atomic mass is 32.1. The third-order valence-corrected chi connectivity index (χ3v) is 5.63. The third kappa shape index (κ3) is 3.52. The van der Waals surface area contributed by atoms with Crippen molar-refractivity contribution >= 4 is 11.3 Å². The first-order chi connectivity index (χ1) is 11.8. The Morgan fingerprint density at radius 1 is 1.38 bits per heavy atom. The molecular formula is C18H23N3O2S. The summed E-state index contributed by atoms with van der Waals surface area (Å²) in [5.74, 6) is 0. The van der Waals surface area contributed by atoms with E-state index in [4.69, 9.17) is 9.47 Å². The number of pyridine rings is 1. The first-order valence-electron chi connectivity index (χ1n) is 8.58. The van der Waals surface area contributed by atoms with Crippen molar-refractivity contribution in [3.8, 4) is 0 Å². The van der Waals surface area contributed by atoms with Gasteiger partial charge in [0.1, 0.15) is 5.01 Å². The molecule has 6 heteroatoms. The Morgan fingerprint density at radius 3 is 3.17 bits per heavy atom. The molecule has 0 bridgehead atoms. The summed E-state index contributed by atoms with van der Waals surface area (Å²) in [5.41, 5.74) is 2.03. The van der Waals surface area contributed by atoms with Crippen molar-refractivity contribution in [1.82, 2.24) is 14.9 Å².